The van der Waals surface area contributed by atoms with Crippen LogP contribution in [0, 0.1) is 6.92 Å². The van der Waals surface area contributed by atoms with E-state index < -0.39 is 30.6 Å². The van der Waals surface area contributed by atoms with E-state index in [0.29, 0.717) is 0 Å². The van der Waals surface area contributed by atoms with Gasteiger partial charge in [0, 0.05) is 5.56 Å². The minimum Gasteiger partial charge on any atom is -0.370 e. The lowest BCUT2D eigenvalue weighted by molar-refractivity contribution is -0.174. The molecule has 0 fully saturated rings. The molecule has 0 bridgehead atoms. The van der Waals surface area contributed by atoms with Crippen LogP contribution < -0.4 is 11.2 Å². The maximum absolute atomic E-state index is 11.8. The molecule has 18 heavy (non-hydrogen) atoms. The van der Waals surface area contributed by atoms with Crippen molar-refractivity contribution in [2.24, 2.45) is 0 Å². The molecule has 0 spiro atoms. The van der Waals surface area contributed by atoms with Gasteiger partial charge in [0.2, 0.25) is 0 Å². The molecule has 1 aromatic rings. The summed E-state index contributed by atoms with van der Waals surface area (Å²) in [6.07, 6.45) is -4.44. The van der Waals surface area contributed by atoms with E-state index in [1.807, 2.05) is 0 Å². The maximum atomic E-state index is 11.8. The van der Waals surface area contributed by atoms with Crippen LogP contribution in [0.3, 0.4) is 0 Å². The molecule has 0 radical (unpaired) electrons. The van der Waals surface area contributed by atoms with E-state index in [4.69, 9.17) is 11.6 Å². The number of nitrogens with one attached hydrogen (secondary N) is 1. The first kappa shape index (κ1) is 14.8. The molecule has 0 atom stereocenters. The quantitative estimate of drug-likeness (QED) is 0.665. The van der Waals surface area contributed by atoms with Gasteiger partial charge in [-0.05, 0) is 6.92 Å². The van der Waals surface area contributed by atoms with Crippen molar-refractivity contribution < 1.29 is 17.9 Å². The van der Waals surface area contributed by atoms with Gasteiger partial charge in [0.15, 0.2) is 0 Å². The van der Waals surface area contributed by atoms with E-state index in [1.54, 1.807) is 0 Å². The standard InChI is InChI=1S/C9H10ClF3N2O3/c1-5-6(10)14-8(17)15(7(5)16)2-3-18-4-9(11,12)13/h2-4H2,1H3,(H,14,17). The van der Waals surface area contributed by atoms with E-state index in [2.05, 4.69) is 9.72 Å². The molecule has 0 aromatic carbocycles. The fraction of sp³-hybridized carbons (Fsp3) is 0.556. The zero-order valence-corrected chi connectivity index (χ0v) is 10.1. The Labute approximate surface area is 104 Å². The van der Waals surface area contributed by atoms with E-state index in [-0.39, 0.29) is 17.3 Å². The number of aromatic nitrogens is 2. The van der Waals surface area contributed by atoms with Crippen LogP contribution in [0.25, 0.3) is 0 Å². The van der Waals surface area contributed by atoms with Gasteiger partial charge >= 0.3 is 11.9 Å². The third-order valence-electron chi connectivity index (χ3n) is 2.08. The van der Waals surface area contributed by atoms with Gasteiger partial charge in [-0.15, -0.1) is 0 Å². The number of aromatic amines is 1. The average molecular weight is 287 g/mol. The predicted octanol–water partition coefficient (Wildman–Crippen LogP) is 1.08. The Morgan fingerprint density at radius 1 is 1.39 bits per heavy atom. The van der Waals surface area contributed by atoms with Crippen LogP contribution in [0.1, 0.15) is 5.56 Å². The first-order chi connectivity index (χ1) is 8.22. The van der Waals surface area contributed by atoms with Crippen LogP contribution in [0.15, 0.2) is 9.59 Å². The van der Waals surface area contributed by atoms with Crippen molar-refractivity contribution in [3.63, 3.8) is 0 Å². The van der Waals surface area contributed by atoms with Crippen molar-refractivity contribution in [2.45, 2.75) is 19.6 Å². The van der Waals surface area contributed by atoms with Crippen molar-refractivity contribution >= 4 is 11.6 Å². The van der Waals surface area contributed by atoms with Crippen molar-refractivity contribution in [3.8, 4) is 0 Å². The largest absolute Gasteiger partial charge is 0.411 e. The summed E-state index contributed by atoms with van der Waals surface area (Å²) in [5.41, 5.74) is -1.32. The Morgan fingerprint density at radius 2 is 2.00 bits per heavy atom. The Bertz CT molecular complexity index is 535. The van der Waals surface area contributed by atoms with Crippen molar-refractivity contribution in [1.82, 2.24) is 9.55 Å². The number of hydrogen-bond acceptors (Lipinski definition) is 3. The van der Waals surface area contributed by atoms with Crippen molar-refractivity contribution in [2.75, 3.05) is 13.2 Å². The van der Waals surface area contributed by atoms with Crippen molar-refractivity contribution in [1.29, 1.82) is 0 Å². The second-order valence-electron chi connectivity index (χ2n) is 3.49. The molecule has 0 unspecified atom stereocenters. The van der Waals surface area contributed by atoms with Gasteiger partial charge in [0.1, 0.15) is 11.8 Å². The normalized spacial score (nSPS) is 11.8. The van der Waals surface area contributed by atoms with Crippen LogP contribution in [0.2, 0.25) is 5.15 Å². The maximum Gasteiger partial charge on any atom is 0.411 e. The third kappa shape index (κ3) is 3.88. The highest BCUT2D eigenvalue weighted by atomic mass is 35.5. The van der Waals surface area contributed by atoms with Gasteiger partial charge in [-0.25, -0.2) is 4.79 Å². The second-order valence-corrected chi connectivity index (χ2v) is 3.87. The summed E-state index contributed by atoms with van der Waals surface area (Å²) < 4.78 is 40.4. The van der Waals surface area contributed by atoms with Gasteiger partial charge in [-0.3, -0.25) is 14.3 Å². The highest BCUT2D eigenvalue weighted by Crippen LogP contribution is 2.14. The van der Waals surface area contributed by atoms with Crippen LogP contribution in [0.4, 0.5) is 13.2 Å². The first-order valence-corrected chi connectivity index (χ1v) is 5.24. The van der Waals surface area contributed by atoms with E-state index in [0.717, 1.165) is 4.57 Å². The molecule has 1 N–H and O–H groups in total. The molecule has 0 aliphatic heterocycles. The molecule has 102 valence electrons. The number of hydrogen-bond donors (Lipinski definition) is 1. The lowest BCUT2D eigenvalue weighted by Crippen LogP contribution is -2.38. The van der Waals surface area contributed by atoms with Gasteiger partial charge in [-0.1, -0.05) is 11.6 Å². The average Bonchev–Trinajstić information content (AvgIpc) is 2.23. The molecule has 1 rings (SSSR count). The number of H-pyrrole nitrogens is 1. The lowest BCUT2D eigenvalue weighted by atomic mass is 10.4. The van der Waals surface area contributed by atoms with Crippen LogP contribution >= 0.6 is 11.6 Å². The number of nitrogens with zero attached hydrogens (tertiary/aromatic N) is 1. The SMILES string of the molecule is Cc1c(Cl)[nH]c(=O)n(CCOCC(F)(F)F)c1=O. The molecule has 0 saturated heterocycles. The molecule has 0 aliphatic rings. The van der Waals surface area contributed by atoms with Gasteiger partial charge < -0.3 is 4.74 Å². The van der Waals surface area contributed by atoms with Gasteiger partial charge in [0.25, 0.3) is 5.56 Å². The monoisotopic (exact) mass is 286 g/mol. The summed E-state index contributed by atoms with van der Waals surface area (Å²) in [6, 6.07) is 0. The van der Waals surface area contributed by atoms with Crippen LogP contribution in [0.5, 0.6) is 0 Å². The summed E-state index contributed by atoms with van der Waals surface area (Å²) in [6.45, 7) is -0.703. The Morgan fingerprint density at radius 3 is 2.56 bits per heavy atom. The Hall–Kier alpha value is -1.28. The zero-order valence-electron chi connectivity index (χ0n) is 9.31. The number of halogens is 4. The predicted molar refractivity (Wildman–Crippen MR) is 57.9 cm³/mol. The smallest absolute Gasteiger partial charge is 0.370 e. The van der Waals surface area contributed by atoms with Crippen LogP contribution in [-0.2, 0) is 11.3 Å². The molecule has 1 heterocycles. The minimum atomic E-state index is -4.44. The van der Waals surface area contributed by atoms with Gasteiger partial charge in [0.05, 0.1) is 13.2 Å². The van der Waals surface area contributed by atoms with E-state index in [1.165, 1.54) is 6.92 Å². The topological polar surface area (TPSA) is 64.1 Å². The van der Waals surface area contributed by atoms with Gasteiger partial charge in [-0.2, -0.15) is 13.2 Å². The number of alkyl halides is 3. The minimum absolute atomic E-state index is 0.0857. The molecule has 9 heteroatoms. The van der Waals surface area contributed by atoms with E-state index >= 15 is 0 Å². The fourth-order valence-electron chi connectivity index (χ4n) is 1.19. The summed E-state index contributed by atoms with van der Waals surface area (Å²) >= 11 is 5.56. The van der Waals surface area contributed by atoms with Crippen molar-refractivity contribution in [3.05, 3.63) is 31.6 Å². The third-order valence-corrected chi connectivity index (χ3v) is 2.46. The molecule has 0 amide bonds. The Balaban J connectivity index is 2.72. The second kappa shape index (κ2) is 5.57. The van der Waals surface area contributed by atoms with E-state index in [9.17, 15) is 22.8 Å². The molecule has 1 aromatic heterocycles. The molecule has 0 aliphatic carbocycles. The Kier molecular flexibility index (Phi) is 4.58. The molecular weight excluding hydrogens is 277 g/mol. The molecule has 0 saturated carbocycles. The number of ether oxygens (including phenoxy) is 1. The first-order valence-electron chi connectivity index (χ1n) is 4.86. The lowest BCUT2D eigenvalue weighted by Gasteiger charge is -2.09. The highest BCUT2D eigenvalue weighted by Gasteiger charge is 2.27. The molecular formula is C9H10ClF3N2O3. The fourth-order valence-corrected chi connectivity index (χ4v) is 1.35. The summed E-state index contributed by atoms with van der Waals surface area (Å²) in [5, 5.41) is -0.0857. The summed E-state index contributed by atoms with van der Waals surface area (Å²) in [4.78, 5) is 25.1. The highest BCUT2D eigenvalue weighted by molar-refractivity contribution is 6.30. The summed E-state index contributed by atoms with van der Waals surface area (Å²) in [7, 11) is 0. The molecule has 5 nitrogen and oxygen atoms in total. The van der Waals surface area contributed by atoms with Crippen LogP contribution in [-0.4, -0.2) is 28.9 Å². The zero-order chi connectivity index (χ0) is 13.9. The number of rotatable bonds is 4. The summed E-state index contributed by atoms with van der Waals surface area (Å²) in [5.74, 6) is 0.